The van der Waals surface area contributed by atoms with Gasteiger partial charge in [0, 0.05) is 11.1 Å². The van der Waals surface area contributed by atoms with Gasteiger partial charge in [0.2, 0.25) is 0 Å². The molecule has 1 N–H and O–H groups in total. The number of benzene rings is 1. The van der Waals surface area contributed by atoms with Crippen LogP contribution in [0, 0.1) is 0 Å². The lowest BCUT2D eigenvalue weighted by molar-refractivity contribution is -0.143. The van der Waals surface area contributed by atoms with E-state index in [9.17, 15) is 4.79 Å². The first-order valence-corrected chi connectivity index (χ1v) is 6.64. The van der Waals surface area contributed by atoms with Crippen molar-refractivity contribution in [1.29, 1.82) is 0 Å². The zero-order valence-corrected chi connectivity index (χ0v) is 12.4. The first-order valence-electron chi connectivity index (χ1n) is 5.50. The third-order valence-corrected chi connectivity index (χ3v) is 2.99. The molecule has 0 aliphatic heterocycles. The van der Waals surface area contributed by atoms with Crippen LogP contribution in [0.4, 0.5) is 5.69 Å². The fourth-order valence-electron chi connectivity index (χ4n) is 1.45. The highest BCUT2D eigenvalue weighted by Crippen LogP contribution is 2.34. The van der Waals surface area contributed by atoms with Gasteiger partial charge in [-0.3, -0.25) is 4.79 Å². The van der Waals surface area contributed by atoms with Crippen molar-refractivity contribution in [2.45, 2.75) is 26.3 Å². The number of anilines is 1. The Labute approximate surface area is 121 Å². The molecule has 0 aliphatic carbocycles. The number of carbonyl (C=O) groups excluding carboxylic acids is 1. The lowest BCUT2D eigenvalue weighted by Gasteiger charge is -2.17. The van der Waals surface area contributed by atoms with Crippen molar-refractivity contribution in [1.82, 2.24) is 0 Å². The predicted octanol–water partition coefficient (Wildman–Crippen LogP) is 4.40. The molecule has 0 heterocycles. The summed E-state index contributed by atoms with van der Waals surface area (Å²) >= 11 is 17.9. The number of hydrogen-bond donors (Lipinski definition) is 1. The molecule has 0 saturated heterocycles. The van der Waals surface area contributed by atoms with Crippen molar-refractivity contribution in [3.05, 3.63) is 27.2 Å². The molecule has 1 rings (SSSR count). The highest BCUT2D eigenvalue weighted by molar-refractivity contribution is 6.41. The van der Waals surface area contributed by atoms with Gasteiger partial charge in [0.05, 0.1) is 28.8 Å². The van der Waals surface area contributed by atoms with Crippen molar-refractivity contribution >= 4 is 46.5 Å². The maximum absolute atomic E-state index is 11.3. The van der Waals surface area contributed by atoms with Gasteiger partial charge < -0.3 is 10.1 Å². The van der Waals surface area contributed by atoms with Gasteiger partial charge in [0.1, 0.15) is 0 Å². The zero-order valence-electron chi connectivity index (χ0n) is 10.1. The van der Waals surface area contributed by atoms with Crippen LogP contribution in [0.3, 0.4) is 0 Å². The van der Waals surface area contributed by atoms with Crippen LogP contribution in [0.5, 0.6) is 0 Å². The molecule has 0 aliphatic rings. The molecule has 0 amide bonds. The zero-order chi connectivity index (χ0) is 13.7. The summed E-state index contributed by atoms with van der Waals surface area (Å²) in [6, 6.07) is 3.04. The Bertz CT molecular complexity index is 414. The number of carbonyl (C=O) groups is 1. The monoisotopic (exact) mass is 309 g/mol. The third kappa shape index (κ3) is 4.56. The smallest absolute Gasteiger partial charge is 0.307 e. The number of esters is 1. The first-order chi connectivity index (χ1) is 8.43. The minimum Gasteiger partial charge on any atom is -0.466 e. The average molecular weight is 311 g/mol. The molecule has 6 heteroatoms. The van der Waals surface area contributed by atoms with Crippen molar-refractivity contribution in [2.75, 3.05) is 11.9 Å². The van der Waals surface area contributed by atoms with Crippen molar-refractivity contribution < 1.29 is 9.53 Å². The van der Waals surface area contributed by atoms with Crippen LogP contribution in [0.1, 0.15) is 20.3 Å². The Balaban J connectivity index is 2.70. The quantitative estimate of drug-likeness (QED) is 0.819. The van der Waals surface area contributed by atoms with Gasteiger partial charge in [0.15, 0.2) is 0 Å². The van der Waals surface area contributed by atoms with Crippen LogP contribution >= 0.6 is 34.8 Å². The highest BCUT2D eigenvalue weighted by Gasteiger charge is 2.14. The average Bonchev–Trinajstić information content (AvgIpc) is 2.23. The fourth-order valence-corrected chi connectivity index (χ4v) is 2.37. The highest BCUT2D eigenvalue weighted by atomic mass is 35.5. The molecule has 1 atom stereocenters. The third-order valence-electron chi connectivity index (χ3n) is 2.18. The van der Waals surface area contributed by atoms with Gasteiger partial charge in [-0.25, -0.2) is 0 Å². The topological polar surface area (TPSA) is 38.3 Å². The standard InChI is InChI=1S/C12H14Cl3NO2/c1-3-18-11(17)4-7(2)16-12-9(14)5-8(13)6-10(12)15/h5-7,16H,3-4H2,1-2H3. The Kier molecular flexibility index (Phi) is 6.06. The van der Waals surface area contributed by atoms with E-state index in [2.05, 4.69) is 5.32 Å². The van der Waals surface area contributed by atoms with Crippen LogP contribution in [0.2, 0.25) is 15.1 Å². The number of ether oxygens (including phenoxy) is 1. The summed E-state index contributed by atoms with van der Waals surface area (Å²) in [6.07, 6.45) is 0.239. The molecule has 0 radical (unpaired) electrons. The summed E-state index contributed by atoms with van der Waals surface area (Å²) < 4.78 is 4.86. The van der Waals surface area contributed by atoms with Crippen molar-refractivity contribution in [3.63, 3.8) is 0 Å². The van der Waals surface area contributed by atoms with E-state index >= 15 is 0 Å². The SMILES string of the molecule is CCOC(=O)CC(C)Nc1c(Cl)cc(Cl)cc1Cl. The van der Waals surface area contributed by atoms with Gasteiger partial charge in [0.25, 0.3) is 0 Å². The second-order valence-electron chi connectivity index (χ2n) is 3.80. The Morgan fingerprint density at radius 2 is 1.89 bits per heavy atom. The number of halogens is 3. The molecule has 1 aromatic carbocycles. The lowest BCUT2D eigenvalue weighted by Crippen LogP contribution is -2.21. The van der Waals surface area contributed by atoms with E-state index < -0.39 is 0 Å². The minimum atomic E-state index is -0.265. The summed E-state index contributed by atoms with van der Waals surface area (Å²) in [6.45, 7) is 3.98. The van der Waals surface area contributed by atoms with Crippen LogP contribution in [-0.2, 0) is 9.53 Å². The second kappa shape index (κ2) is 7.07. The predicted molar refractivity (Wildman–Crippen MR) is 75.8 cm³/mol. The second-order valence-corrected chi connectivity index (χ2v) is 5.05. The van der Waals surface area contributed by atoms with E-state index in [1.807, 2.05) is 6.92 Å². The summed E-state index contributed by atoms with van der Waals surface area (Å²) in [5.74, 6) is -0.265. The van der Waals surface area contributed by atoms with Crippen LogP contribution in [-0.4, -0.2) is 18.6 Å². The van der Waals surface area contributed by atoms with E-state index in [-0.39, 0.29) is 18.4 Å². The maximum Gasteiger partial charge on any atom is 0.307 e. The molecule has 1 aromatic rings. The van der Waals surface area contributed by atoms with E-state index in [0.29, 0.717) is 27.4 Å². The number of nitrogens with one attached hydrogen (secondary N) is 1. The molecule has 0 saturated carbocycles. The van der Waals surface area contributed by atoms with Gasteiger partial charge >= 0.3 is 5.97 Å². The summed E-state index contributed by atoms with van der Waals surface area (Å²) in [7, 11) is 0. The van der Waals surface area contributed by atoms with E-state index in [0.717, 1.165) is 0 Å². The lowest BCUT2D eigenvalue weighted by atomic mass is 10.2. The molecular weight excluding hydrogens is 296 g/mol. The molecule has 18 heavy (non-hydrogen) atoms. The molecule has 1 unspecified atom stereocenters. The molecule has 3 nitrogen and oxygen atoms in total. The van der Waals surface area contributed by atoms with Crippen molar-refractivity contribution in [3.8, 4) is 0 Å². The molecule has 0 spiro atoms. The molecule has 0 fully saturated rings. The number of hydrogen-bond acceptors (Lipinski definition) is 3. The minimum absolute atomic E-state index is 0.139. The molecule has 0 aromatic heterocycles. The van der Waals surface area contributed by atoms with Gasteiger partial charge in [-0.1, -0.05) is 34.8 Å². The summed E-state index contributed by atoms with van der Waals surface area (Å²) in [4.78, 5) is 11.3. The van der Waals surface area contributed by atoms with Gasteiger partial charge in [-0.15, -0.1) is 0 Å². The van der Waals surface area contributed by atoms with E-state index in [4.69, 9.17) is 39.5 Å². The van der Waals surface area contributed by atoms with E-state index in [1.54, 1.807) is 19.1 Å². The summed E-state index contributed by atoms with van der Waals surface area (Å²) in [5.41, 5.74) is 0.569. The Hall–Kier alpha value is -0.640. The van der Waals surface area contributed by atoms with E-state index in [1.165, 1.54) is 0 Å². The normalized spacial score (nSPS) is 12.1. The Morgan fingerprint density at radius 3 is 2.39 bits per heavy atom. The molecule has 0 bridgehead atoms. The van der Waals surface area contributed by atoms with Crippen molar-refractivity contribution in [2.24, 2.45) is 0 Å². The maximum atomic E-state index is 11.3. The largest absolute Gasteiger partial charge is 0.466 e. The Morgan fingerprint density at radius 1 is 1.33 bits per heavy atom. The van der Waals surface area contributed by atoms with Gasteiger partial charge in [-0.05, 0) is 26.0 Å². The summed E-state index contributed by atoms with van der Waals surface area (Å²) in [5, 5.41) is 4.38. The van der Waals surface area contributed by atoms with Crippen LogP contribution < -0.4 is 5.32 Å². The first kappa shape index (κ1) is 15.4. The number of rotatable bonds is 5. The molecular formula is C12H14Cl3NO2. The fraction of sp³-hybridized carbons (Fsp3) is 0.417. The van der Waals surface area contributed by atoms with Crippen LogP contribution in [0.25, 0.3) is 0 Å². The van der Waals surface area contributed by atoms with Gasteiger partial charge in [-0.2, -0.15) is 0 Å². The molecule has 100 valence electrons. The van der Waals surface area contributed by atoms with Crippen LogP contribution in [0.15, 0.2) is 12.1 Å².